The molecule has 1 atom stereocenters. The molecule has 164 valence electrons. The van der Waals surface area contributed by atoms with Gasteiger partial charge in [-0.25, -0.2) is 14.4 Å². The smallest absolute Gasteiger partial charge is 0.338 e. The number of hydrogen-bond donors (Lipinski definition) is 2. The van der Waals surface area contributed by atoms with E-state index in [0.29, 0.717) is 30.1 Å². The van der Waals surface area contributed by atoms with Crippen LogP contribution in [0.3, 0.4) is 0 Å². The van der Waals surface area contributed by atoms with Crippen molar-refractivity contribution in [1.82, 2.24) is 15.1 Å². The zero-order valence-corrected chi connectivity index (χ0v) is 18.6. The molecule has 1 heterocycles. The molecule has 0 saturated carbocycles. The van der Waals surface area contributed by atoms with Gasteiger partial charge in [-0.1, -0.05) is 32.9 Å². The Morgan fingerprint density at radius 2 is 1.87 bits per heavy atom. The number of carbonyl (C=O) groups is 3. The number of hydrogen-bond acceptors (Lipinski definition) is 4. The van der Waals surface area contributed by atoms with Crippen molar-refractivity contribution >= 4 is 23.7 Å². The lowest BCUT2D eigenvalue weighted by Gasteiger charge is -2.35. The van der Waals surface area contributed by atoms with E-state index >= 15 is 0 Å². The average Bonchev–Trinajstić information content (AvgIpc) is 2.69. The minimum Gasteiger partial charge on any atom is -0.462 e. The SMILES string of the molecule is CCCN1C(=O)N[C@@H](c2ccc(NC(=O)N(C)C)cc2)C(C(=O)OCC(C)C)=C1C. The Morgan fingerprint density at radius 3 is 2.40 bits per heavy atom. The van der Waals surface area contributed by atoms with Gasteiger partial charge in [-0.2, -0.15) is 0 Å². The van der Waals surface area contributed by atoms with Crippen molar-refractivity contribution in [3.8, 4) is 0 Å². The molecule has 1 aromatic carbocycles. The fourth-order valence-electron chi connectivity index (χ4n) is 3.10. The van der Waals surface area contributed by atoms with Crippen LogP contribution in [-0.4, -0.2) is 55.1 Å². The van der Waals surface area contributed by atoms with E-state index in [1.807, 2.05) is 20.8 Å². The van der Waals surface area contributed by atoms with E-state index in [-0.39, 0.29) is 18.0 Å². The van der Waals surface area contributed by atoms with Gasteiger partial charge in [0, 0.05) is 32.0 Å². The number of allylic oxidation sites excluding steroid dienone is 1. The van der Waals surface area contributed by atoms with Gasteiger partial charge in [0.2, 0.25) is 0 Å². The molecule has 2 N–H and O–H groups in total. The highest BCUT2D eigenvalue weighted by atomic mass is 16.5. The molecule has 1 aliphatic rings. The van der Waals surface area contributed by atoms with Crippen molar-refractivity contribution < 1.29 is 19.1 Å². The minimum absolute atomic E-state index is 0.206. The summed E-state index contributed by atoms with van der Waals surface area (Å²) in [5.41, 5.74) is 2.38. The highest BCUT2D eigenvalue weighted by molar-refractivity contribution is 5.95. The molecule has 0 radical (unpaired) electrons. The normalized spacial score (nSPS) is 16.4. The van der Waals surface area contributed by atoms with Gasteiger partial charge < -0.3 is 20.3 Å². The van der Waals surface area contributed by atoms with E-state index in [4.69, 9.17) is 4.74 Å². The predicted molar refractivity (Wildman–Crippen MR) is 116 cm³/mol. The second-order valence-corrected chi connectivity index (χ2v) is 7.97. The molecule has 0 aliphatic carbocycles. The third kappa shape index (κ3) is 5.52. The summed E-state index contributed by atoms with van der Waals surface area (Å²) in [5, 5.41) is 5.70. The second-order valence-electron chi connectivity index (χ2n) is 7.97. The molecule has 1 aromatic rings. The summed E-state index contributed by atoms with van der Waals surface area (Å²) in [6, 6.07) is 5.96. The zero-order valence-electron chi connectivity index (χ0n) is 18.6. The van der Waals surface area contributed by atoms with Crippen molar-refractivity contribution in [1.29, 1.82) is 0 Å². The van der Waals surface area contributed by atoms with E-state index in [2.05, 4.69) is 10.6 Å². The summed E-state index contributed by atoms with van der Waals surface area (Å²) in [7, 11) is 3.32. The van der Waals surface area contributed by atoms with Crippen LogP contribution in [0.2, 0.25) is 0 Å². The first kappa shape index (κ1) is 23.3. The molecule has 0 unspecified atom stereocenters. The number of esters is 1. The maximum atomic E-state index is 12.9. The largest absolute Gasteiger partial charge is 0.462 e. The molecule has 0 spiro atoms. The summed E-state index contributed by atoms with van der Waals surface area (Å²) >= 11 is 0. The molecule has 0 fully saturated rings. The number of rotatable bonds is 7. The summed E-state index contributed by atoms with van der Waals surface area (Å²) in [4.78, 5) is 40.4. The van der Waals surface area contributed by atoms with Gasteiger partial charge in [0.05, 0.1) is 18.2 Å². The fourth-order valence-corrected chi connectivity index (χ4v) is 3.10. The Morgan fingerprint density at radius 1 is 1.23 bits per heavy atom. The zero-order chi connectivity index (χ0) is 22.4. The number of amides is 4. The van der Waals surface area contributed by atoms with Crippen LogP contribution in [-0.2, 0) is 9.53 Å². The van der Waals surface area contributed by atoms with E-state index in [1.54, 1.807) is 50.2 Å². The topological polar surface area (TPSA) is 91.0 Å². The summed E-state index contributed by atoms with van der Waals surface area (Å²) < 4.78 is 5.49. The van der Waals surface area contributed by atoms with Crippen molar-refractivity contribution in [2.45, 2.75) is 40.2 Å². The summed E-state index contributed by atoms with van der Waals surface area (Å²) in [6.45, 7) is 8.52. The second kappa shape index (κ2) is 10.1. The quantitative estimate of drug-likeness (QED) is 0.663. The number of nitrogens with one attached hydrogen (secondary N) is 2. The van der Waals surface area contributed by atoms with Crippen molar-refractivity contribution in [3.05, 3.63) is 41.1 Å². The third-order valence-electron chi connectivity index (χ3n) is 4.71. The van der Waals surface area contributed by atoms with E-state index in [9.17, 15) is 14.4 Å². The van der Waals surface area contributed by atoms with Gasteiger partial charge in [0.25, 0.3) is 0 Å². The van der Waals surface area contributed by atoms with E-state index < -0.39 is 12.0 Å². The highest BCUT2D eigenvalue weighted by Crippen LogP contribution is 2.32. The molecule has 0 aromatic heterocycles. The van der Waals surface area contributed by atoms with E-state index in [0.717, 1.165) is 12.0 Å². The molecule has 0 bridgehead atoms. The highest BCUT2D eigenvalue weighted by Gasteiger charge is 2.36. The molecule has 8 heteroatoms. The number of anilines is 1. The van der Waals surface area contributed by atoms with Crippen LogP contribution < -0.4 is 10.6 Å². The Hall–Kier alpha value is -3.03. The van der Waals surface area contributed by atoms with Gasteiger partial charge >= 0.3 is 18.0 Å². The van der Waals surface area contributed by atoms with Crippen LogP contribution in [0.5, 0.6) is 0 Å². The standard InChI is InChI=1S/C22H32N4O4/c1-7-12-26-15(4)18(20(27)30-13-14(2)3)19(24-22(26)29)16-8-10-17(11-9-16)23-21(28)25(5)6/h8-11,14,19H,7,12-13H2,1-6H3,(H,23,28)(H,24,29)/t19-/m0/s1. The maximum Gasteiger partial charge on any atom is 0.338 e. The molecular formula is C22H32N4O4. The van der Waals surface area contributed by atoms with Gasteiger partial charge in [0.15, 0.2) is 0 Å². The van der Waals surface area contributed by atoms with Crippen molar-refractivity contribution in [3.63, 3.8) is 0 Å². The van der Waals surface area contributed by atoms with Gasteiger partial charge in [0.1, 0.15) is 0 Å². The van der Waals surface area contributed by atoms with Crippen LogP contribution in [0, 0.1) is 5.92 Å². The number of carbonyl (C=O) groups excluding carboxylic acids is 3. The summed E-state index contributed by atoms with van der Waals surface area (Å²) in [5.74, 6) is -0.227. The fraction of sp³-hybridized carbons (Fsp3) is 0.500. The molecule has 0 saturated heterocycles. The van der Waals surface area contributed by atoms with Gasteiger partial charge in [-0.05, 0) is 37.0 Å². The van der Waals surface area contributed by atoms with E-state index in [1.165, 1.54) is 4.90 Å². The minimum atomic E-state index is -0.621. The Bertz CT molecular complexity index is 815. The monoisotopic (exact) mass is 416 g/mol. The lowest BCUT2D eigenvalue weighted by Crippen LogP contribution is -2.48. The van der Waals surface area contributed by atoms with Crippen LogP contribution in [0.4, 0.5) is 15.3 Å². The predicted octanol–water partition coefficient (Wildman–Crippen LogP) is 3.73. The Kier molecular flexibility index (Phi) is 7.86. The molecule has 1 aliphatic heterocycles. The lowest BCUT2D eigenvalue weighted by molar-refractivity contribution is -0.140. The number of nitrogens with zero attached hydrogens (tertiary/aromatic N) is 2. The van der Waals surface area contributed by atoms with Crippen LogP contribution in [0.1, 0.15) is 45.7 Å². The van der Waals surface area contributed by atoms with Crippen molar-refractivity contribution in [2.75, 3.05) is 32.6 Å². The molecule has 30 heavy (non-hydrogen) atoms. The average molecular weight is 417 g/mol. The Labute approximate surface area is 178 Å². The Balaban J connectivity index is 2.36. The number of urea groups is 2. The molecule has 4 amide bonds. The lowest BCUT2D eigenvalue weighted by atomic mass is 9.94. The third-order valence-corrected chi connectivity index (χ3v) is 4.71. The maximum absolute atomic E-state index is 12.9. The first-order valence-corrected chi connectivity index (χ1v) is 10.2. The van der Waals surface area contributed by atoms with Crippen molar-refractivity contribution in [2.24, 2.45) is 5.92 Å². The van der Waals surface area contributed by atoms with Crippen LogP contribution in [0.15, 0.2) is 35.5 Å². The molecule has 2 rings (SSSR count). The number of benzene rings is 1. The van der Waals surface area contributed by atoms with Gasteiger partial charge in [-0.15, -0.1) is 0 Å². The van der Waals surface area contributed by atoms with Crippen LogP contribution in [0.25, 0.3) is 0 Å². The van der Waals surface area contributed by atoms with Gasteiger partial charge in [-0.3, -0.25) is 4.90 Å². The summed E-state index contributed by atoms with van der Waals surface area (Å²) in [6.07, 6.45) is 0.768. The first-order valence-electron chi connectivity index (χ1n) is 10.2. The first-order chi connectivity index (χ1) is 14.1. The molecule has 8 nitrogen and oxygen atoms in total. The molecular weight excluding hydrogens is 384 g/mol. The van der Waals surface area contributed by atoms with Crippen LogP contribution >= 0.6 is 0 Å². The number of ether oxygens (including phenoxy) is 1.